The van der Waals surface area contributed by atoms with Crippen molar-refractivity contribution in [2.45, 2.75) is 44.1 Å². The van der Waals surface area contributed by atoms with Crippen molar-refractivity contribution >= 4 is 23.5 Å². The number of carboxylic acid groups (broad SMARTS) is 1. The lowest BCUT2D eigenvalue weighted by Gasteiger charge is -2.18. The molecule has 0 saturated heterocycles. The summed E-state index contributed by atoms with van der Waals surface area (Å²) in [4.78, 5) is 25.1. The Kier molecular flexibility index (Phi) is 8.51. The first-order valence-electron chi connectivity index (χ1n) is 10.8. The number of thioether (sulfide) groups is 1. The molecule has 3 rings (SSSR count). The van der Waals surface area contributed by atoms with E-state index in [1.165, 1.54) is 0 Å². The molecule has 0 fully saturated rings. The van der Waals surface area contributed by atoms with Gasteiger partial charge in [0.2, 0.25) is 0 Å². The fourth-order valence-electron chi connectivity index (χ4n) is 3.36. The van der Waals surface area contributed by atoms with Gasteiger partial charge in [0.15, 0.2) is 5.78 Å². The molecule has 0 bridgehead atoms. The normalized spacial score (nSPS) is 11.7. The second kappa shape index (κ2) is 11.5. The van der Waals surface area contributed by atoms with E-state index in [-0.39, 0.29) is 18.3 Å². The third kappa shape index (κ3) is 6.72. The monoisotopic (exact) mass is 448 g/mol. The van der Waals surface area contributed by atoms with Gasteiger partial charge in [-0.15, -0.1) is 11.8 Å². The van der Waals surface area contributed by atoms with E-state index in [1.54, 1.807) is 11.8 Å². The predicted octanol–water partition coefficient (Wildman–Crippen LogP) is 6.06. The number of rotatable bonds is 11. The molecule has 1 unspecified atom stereocenters. The Bertz CT molecular complexity index is 1060. The topological polar surface area (TPSA) is 63.6 Å². The van der Waals surface area contributed by atoms with E-state index in [0.29, 0.717) is 16.9 Å². The number of ketones is 1. The van der Waals surface area contributed by atoms with Gasteiger partial charge in [0.25, 0.3) is 0 Å². The number of carbonyl (C=O) groups is 2. The van der Waals surface area contributed by atoms with E-state index in [9.17, 15) is 9.59 Å². The van der Waals surface area contributed by atoms with Crippen LogP contribution >= 0.6 is 11.8 Å². The Hall–Kier alpha value is -3.05. The maximum Gasteiger partial charge on any atom is 0.307 e. The van der Waals surface area contributed by atoms with Crippen LogP contribution in [0.15, 0.2) is 77.7 Å². The molecular weight excluding hydrogens is 420 g/mol. The van der Waals surface area contributed by atoms with Gasteiger partial charge in [-0.3, -0.25) is 9.59 Å². The van der Waals surface area contributed by atoms with Crippen molar-refractivity contribution in [1.82, 2.24) is 0 Å². The van der Waals surface area contributed by atoms with Crippen molar-refractivity contribution in [1.29, 1.82) is 0 Å². The number of carboxylic acids is 1. The SMILES string of the molecule is CCc1ccc(OC(C)CCSc2cccc(CC(=O)O)c2)c(C(=O)c2ccccc2)c1. The van der Waals surface area contributed by atoms with Crippen LogP contribution in [0.5, 0.6) is 5.75 Å². The zero-order valence-corrected chi connectivity index (χ0v) is 19.2. The second-order valence-corrected chi connectivity index (χ2v) is 8.83. The molecule has 0 amide bonds. The Morgan fingerprint density at radius 2 is 1.75 bits per heavy atom. The van der Waals surface area contributed by atoms with E-state index in [4.69, 9.17) is 9.84 Å². The number of benzene rings is 3. The van der Waals surface area contributed by atoms with Crippen molar-refractivity contribution in [2.75, 3.05) is 5.75 Å². The molecule has 5 heteroatoms. The molecule has 3 aromatic carbocycles. The van der Waals surface area contributed by atoms with Crippen LogP contribution in [0.4, 0.5) is 0 Å². The lowest BCUT2D eigenvalue weighted by Crippen LogP contribution is -2.15. The summed E-state index contributed by atoms with van der Waals surface area (Å²) in [6, 6.07) is 22.7. The summed E-state index contributed by atoms with van der Waals surface area (Å²) in [5, 5.41) is 8.97. The summed E-state index contributed by atoms with van der Waals surface area (Å²) in [6.45, 7) is 4.07. The quantitative estimate of drug-likeness (QED) is 0.285. The fourth-order valence-corrected chi connectivity index (χ4v) is 4.46. The molecule has 1 atom stereocenters. The number of carbonyl (C=O) groups excluding carboxylic acids is 1. The molecule has 0 heterocycles. The number of hydrogen-bond acceptors (Lipinski definition) is 4. The van der Waals surface area contributed by atoms with Gasteiger partial charge in [0.05, 0.1) is 18.1 Å². The van der Waals surface area contributed by atoms with Crippen LogP contribution in [0.3, 0.4) is 0 Å². The summed E-state index contributed by atoms with van der Waals surface area (Å²) in [5.41, 5.74) is 3.14. The standard InChI is InChI=1S/C27H28O4S/c1-3-20-12-13-25(24(17-20)27(30)22-9-5-4-6-10-22)31-19(2)14-15-32-23-11-7-8-21(16-23)18-26(28)29/h4-13,16-17,19H,3,14-15,18H2,1-2H3,(H,28,29). The van der Waals surface area contributed by atoms with Crippen LogP contribution in [0, 0.1) is 0 Å². The Morgan fingerprint density at radius 3 is 2.47 bits per heavy atom. The van der Waals surface area contributed by atoms with Gasteiger partial charge in [-0.1, -0.05) is 55.5 Å². The summed E-state index contributed by atoms with van der Waals surface area (Å²) in [5.74, 6) is 0.570. The molecule has 0 aliphatic rings. The average Bonchev–Trinajstić information content (AvgIpc) is 2.79. The molecule has 0 aliphatic carbocycles. The molecule has 0 spiro atoms. The lowest BCUT2D eigenvalue weighted by atomic mass is 9.99. The highest BCUT2D eigenvalue weighted by molar-refractivity contribution is 7.99. The number of ether oxygens (including phenoxy) is 1. The maximum absolute atomic E-state index is 13.1. The fraction of sp³-hybridized carbons (Fsp3) is 0.259. The zero-order chi connectivity index (χ0) is 22.9. The smallest absolute Gasteiger partial charge is 0.307 e. The molecule has 0 aromatic heterocycles. The summed E-state index contributed by atoms with van der Waals surface area (Å²) in [6.07, 6.45) is 1.60. The molecule has 32 heavy (non-hydrogen) atoms. The molecular formula is C27H28O4S. The molecule has 0 saturated carbocycles. The molecule has 1 N–H and O–H groups in total. The first-order chi connectivity index (χ1) is 15.5. The van der Waals surface area contributed by atoms with Crippen LogP contribution in [0.1, 0.15) is 47.3 Å². The van der Waals surface area contributed by atoms with Gasteiger partial charge in [-0.05, 0) is 55.2 Å². The predicted molar refractivity (Wildman–Crippen MR) is 129 cm³/mol. The van der Waals surface area contributed by atoms with Crippen LogP contribution in [-0.2, 0) is 17.6 Å². The zero-order valence-electron chi connectivity index (χ0n) is 18.4. The minimum absolute atomic E-state index is 0.0277. The molecule has 3 aromatic rings. The summed E-state index contributed by atoms with van der Waals surface area (Å²) in [7, 11) is 0. The number of hydrogen-bond donors (Lipinski definition) is 1. The highest BCUT2D eigenvalue weighted by Gasteiger charge is 2.17. The largest absolute Gasteiger partial charge is 0.490 e. The van der Waals surface area contributed by atoms with Crippen molar-refractivity contribution < 1.29 is 19.4 Å². The van der Waals surface area contributed by atoms with Crippen molar-refractivity contribution in [2.24, 2.45) is 0 Å². The van der Waals surface area contributed by atoms with Crippen molar-refractivity contribution in [3.63, 3.8) is 0 Å². The van der Waals surface area contributed by atoms with E-state index < -0.39 is 5.97 Å². The highest BCUT2D eigenvalue weighted by Crippen LogP contribution is 2.27. The van der Waals surface area contributed by atoms with Crippen LogP contribution < -0.4 is 4.74 Å². The third-order valence-electron chi connectivity index (χ3n) is 5.11. The Morgan fingerprint density at radius 1 is 0.969 bits per heavy atom. The molecule has 0 radical (unpaired) electrons. The third-order valence-corrected chi connectivity index (χ3v) is 6.13. The van der Waals surface area contributed by atoms with E-state index >= 15 is 0 Å². The van der Waals surface area contributed by atoms with Crippen LogP contribution in [-0.4, -0.2) is 28.7 Å². The summed E-state index contributed by atoms with van der Waals surface area (Å²) < 4.78 is 6.19. The second-order valence-electron chi connectivity index (χ2n) is 7.66. The Labute approximate surface area is 193 Å². The minimum atomic E-state index is -0.830. The van der Waals surface area contributed by atoms with Crippen molar-refractivity contribution in [3.8, 4) is 5.75 Å². The van der Waals surface area contributed by atoms with Gasteiger partial charge < -0.3 is 9.84 Å². The van der Waals surface area contributed by atoms with Gasteiger partial charge >= 0.3 is 5.97 Å². The maximum atomic E-state index is 13.1. The highest BCUT2D eigenvalue weighted by atomic mass is 32.2. The van der Waals surface area contributed by atoms with E-state index in [0.717, 1.165) is 34.6 Å². The van der Waals surface area contributed by atoms with Crippen molar-refractivity contribution in [3.05, 3.63) is 95.1 Å². The first-order valence-corrected chi connectivity index (χ1v) is 11.8. The molecule has 0 aliphatic heterocycles. The van der Waals surface area contributed by atoms with Crippen LogP contribution in [0.2, 0.25) is 0 Å². The first kappa shape index (κ1) is 23.6. The van der Waals surface area contributed by atoms with Gasteiger partial charge in [-0.25, -0.2) is 0 Å². The van der Waals surface area contributed by atoms with Gasteiger partial charge in [0, 0.05) is 16.2 Å². The van der Waals surface area contributed by atoms with E-state index in [2.05, 4.69) is 6.92 Å². The Balaban J connectivity index is 1.64. The van der Waals surface area contributed by atoms with Gasteiger partial charge in [-0.2, -0.15) is 0 Å². The minimum Gasteiger partial charge on any atom is -0.490 e. The van der Waals surface area contributed by atoms with Crippen LogP contribution in [0.25, 0.3) is 0 Å². The molecule has 166 valence electrons. The number of aryl methyl sites for hydroxylation is 1. The van der Waals surface area contributed by atoms with E-state index in [1.807, 2.05) is 79.7 Å². The molecule has 4 nitrogen and oxygen atoms in total. The average molecular weight is 449 g/mol. The lowest BCUT2D eigenvalue weighted by molar-refractivity contribution is -0.136. The number of aliphatic carboxylic acids is 1. The van der Waals surface area contributed by atoms with Gasteiger partial charge in [0.1, 0.15) is 5.75 Å². The summed E-state index contributed by atoms with van der Waals surface area (Å²) >= 11 is 1.67.